The third-order valence-electron chi connectivity index (χ3n) is 2.45. The summed E-state index contributed by atoms with van der Waals surface area (Å²) in [6.45, 7) is 5.82. The van der Waals surface area contributed by atoms with Crippen molar-refractivity contribution in [2.75, 3.05) is 13.2 Å². The summed E-state index contributed by atoms with van der Waals surface area (Å²) >= 11 is 3.31. The molecule has 0 aliphatic carbocycles. The van der Waals surface area contributed by atoms with E-state index in [-0.39, 0.29) is 5.78 Å². The standard InChI is InChI=1S/C14H17BrO4/c1-4-18-12-8-10(13(15)9(3)16)6-7-11(12)14(17)19-5-2/h6-8,13H,4-5H2,1-3H3. The monoisotopic (exact) mass is 328 g/mol. The first-order valence-electron chi connectivity index (χ1n) is 6.09. The first-order valence-corrected chi connectivity index (χ1v) is 7.01. The van der Waals surface area contributed by atoms with E-state index in [1.807, 2.05) is 6.92 Å². The number of halogens is 1. The fraction of sp³-hybridized carbons (Fsp3) is 0.429. The predicted molar refractivity (Wildman–Crippen MR) is 75.9 cm³/mol. The average Bonchev–Trinajstić information content (AvgIpc) is 2.38. The lowest BCUT2D eigenvalue weighted by molar-refractivity contribution is -0.116. The average molecular weight is 329 g/mol. The molecule has 19 heavy (non-hydrogen) atoms. The van der Waals surface area contributed by atoms with Crippen LogP contribution in [0.3, 0.4) is 0 Å². The highest BCUT2D eigenvalue weighted by Gasteiger charge is 2.18. The van der Waals surface area contributed by atoms with Crippen LogP contribution in [0.4, 0.5) is 0 Å². The summed E-state index contributed by atoms with van der Waals surface area (Å²) < 4.78 is 10.4. The maximum Gasteiger partial charge on any atom is 0.341 e. The molecule has 0 bridgehead atoms. The Morgan fingerprint density at radius 3 is 2.47 bits per heavy atom. The van der Waals surface area contributed by atoms with Crippen molar-refractivity contribution < 1.29 is 19.1 Å². The van der Waals surface area contributed by atoms with Crippen LogP contribution < -0.4 is 4.74 Å². The molecule has 4 nitrogen and oxygen atoms in total. The number of hydrogen-bond acceptors (Lipinski definition) is 4. The Bertz CT molecular complexity index is 471. The normalized spacial score (nSPS) is 11.8. The van der Waals surface area contributed by atoms with Gasteiger partial charge in [0.2, 0.25) is 0 Å². The first kappa shape index (κ1) is 15.7. The number of hydrogen-bond donors (Lipinski definition) is 0. The highest BCUT2D eigenvalue weighted by atomic mass is 79.9. The van der Waals surface area contributed by atoms with Crippen molar-refractivity contribution in [3.63, 3.8) is 0 Å². The van der Waals surface area contributed by atoms with E-state index < -0.39 is 10.8 Å². The summed E-state index contributed by atoms with van der Waals surface area (Å²) in [6.07, 6.45) is 0. The largest absolute Gasteiger partial charge is 0.493 e. The number of benzene rings is 1. The Morgan fingerprint density at radius 2 is 1.95 bits per heavy atom. The third-order valence-corrected chi connectivity index (χ3v) is 3.62. The van der Waals surface area contributed by atoms with E-state index in [1.54, 1.807) is 25.1 Å². The maximum absolute atomic E-state index is 11.8. The molecule has 1 aromatic rings. The summed E-state index contributed by atoms with van der Waals surface area (Å²) in [7, 11) is 0. The minimum atomic E-state index is -0.425. The highest BCUT2D eigenvalue weighted by molar-refractivity contribution is 9.09. The molecule has 0 fully saturated rings. The second kappa shape index (κ2) is 7.28. The van der Waals surface area contributed by atoms with Crippen LogP contribution in [-0.4, -0.2) is 25.0 Å². The van der Waals surface area contributed by atoms with E-state index in [1.165, 1.54) is 6.92 Å². The Hall–Kier alpha value is -1.36. The maximum atomic E-state index is 11.8. The molecule has 0 saturated carbocycles. The van der Waals surface area contributed by atoms with Gasteiger partial charge in [-0.15, -0.1) is 0 Å². The summed E-state index contributed by atoms with van der Waals surface area (Å²) in [5.74, 6) is 0.00179. The Morgan fingerprint density at radius 1 is 1.26 bits per heavy atom. The molecular formula is C14H17BrO4. The number of Topliss-reactive ketones (excluding diaryl/α,β-unsaturated/α-hetero) is 1. The summed E-state index contributed by atoms with van der Waals surface area (Å²) in [5.41, 5.74) is 1.12. The number of esters is 1. The zero-order valence-electron chi connectivity index (χ0n) is 11.2. The lowest BCUT2D eigenvalue weighted by Gasteiger charge is -2.13. The van der Waals surface area contributed by atoms with Crippen molar-refractivity contribution in [2.24, 2.45) is 0 Å². The number of carbonyl (C=O) groups excluding carboxylic acids is 2. The van der Waals surface area contributed by atoms with Crippen LogP contribution in [0.15, 0.2) is 18.2 Å². The van der Waals surface area contributed by atoms with Gasteiger partial charge >= 0.3 is 5.97 Å². The molecule has 1 aromatic carbocycles. The van der Waals surface area contributed by atoms with Crippen molar-refractivity contribution in [2.45, 2.75) is 25.6 Å². The molecule has 0 saturated heterocycles. The van der Waals surface area contributed by atoms with Crippen LogP contribution >= 0.6 is 15.9 Å². The van der Waals surface area contributed by atoms with Crippen LogP contribution in [0, 0.1) is 0 Å². The van der Waals surface area contributed by atoms with Crippen LogP contribution in [0.2, 0.25) is 0 Å². The zero-order chi connectivity index (χ0) is 14.4. The van der Waals surface area contributed by atoms with Gasteiger partial charge in [-0.3, -0.25) is 4.79 Å². The molecule has 0 aliphatic rings. The minimum absolute atomic E-state index is 0.00802. The van der Waals surface area contributed by atoms with Crippen molar-refractivity contribution in [1.82, 2.24) is 0 Å². The van der Waals surface area contributed by atoms with Crippen LogP contribution in [-0.2, 0) is 9.53 Å². The Balaban J connectivity index is 3.14. The molecule has 5 heteroatoms. The van der Waals surface area contributed by atoms with Gasteiger partial charge in [0.15, 0.2) is 0 Å². The molecule has 1 atom stereocenters. The smallest absolute Gasteiger partial charge is 0.341 e. The molecule has 1 rings (SSSR count). The third kappa shape index (κ3) is 4.06. The number of ketones is 1. The summed E-state index contributed by atoms with van der Waals surface area (Å²) in [4.78, 5) is 22.7. The van der Waals surface area contributed by atoms with Crippen molar-refractivity contribution >= 4 is 27.7 Å². The highest BCUT2D eigenvalue weighted by Crippen LogP contribution is 2.29. The van der Waals surface area contributed by atoms with Gasteiger partial charge in [0.1, 0.15) is 17.1 Å². The zero-order valence-corrected chi connectivity index (χ0v) is 12.8. The van der Waals surface area contributed by atoms with Crippen LogP contribution in [0.25, 0.3) is 0 Å². The van der Waals surface area contributed by atoms with Gasteiger partial charge in [-0.25, -0.2) is 4.79 Å². The van der Waals surface area contributed by atoms with Crippen molar-refractivity contribution in [3.8, 4) is 5.75 Å². The molecule has 0 radical (unpaired) electrons. The van der Waals surface area contributed by atoms with Crippen LogP contribution in [0.1, 0.15) is 41.5 Å². The van der Waals surface area contributed by atoms with E-state index in [4.69, 9.17) is 9.47 Å². The van der Waals surface area contributed by atoms with Gasteiger partial charge < -0.3 is 9.47 Å². The van der Waals surface area contributed by atoms with E-state index in [2.05, 4.69) is 15.9 Å². The fourth-order valence-electron chi connectivity index (χ4n) is 1.58. The Kier molecular flexibility index (Phi) is 6.02. The molecule has 0 heterocycles. The number of ether oxygens (including phenoxy) is 2. The van der Waals surface area contributed by atoms with Gasteiger partial charge in [0.05, 0.1) is 18.0 Å². The Labute approximate surface area is 121 Å². The molecule has 104 valence electrons. The van der Waals surface area contributed by atoms with Crippen molar-refractivity contribution in [1.29, 1.82) is 0 Å². The first-order chi connectivity index (χ1) is 9.01. The lowest BCUT2D eigenvalue weighted by Crippen LogP contribution is -2.09. The van der Waals surface area contributed by atoms with Gasteiger partial charge in [0.25, 0.3) is 0 Å². The SMILES string of the molecule is CCOC(=O)c1ccc(C(Br)C(C)=O)cc1OCC. The molecule has 0 N–H and O–H groups in total. The summed E-state index contributed by atoms with van der Waals surface area (Å²) in [5, 5.41) is 0. The van der Waals surface area contributed by atoms with Gasteiger partial charge in [-0.2, -0.15) is 0 Å². The second-order valence-corrected chi connectivity index (χ2v) is 4.80. The van der Waals surface area contributed by atoms with E-state index in [0.717, 1.165) is 5.56 Å². The molecular weight excluding hydrogens is 312 g/mol. The van der Waals surface area contributed by atoms with Crippen molar-refractivity contribution in [3.05, 3.63) is 29.3 Å². The lowest BCUT2D eigenvalue weighted by atomic mass is 10.1. The van der Waals surface area contributed by atoms with E-state index in [9.17, 15) is 9.59 Å². The van der Waals surface area contributed by atoms with Gasteiger partial charge in [0, 0.05) is 0 Å². The number of carbonyl (C=O) groups is 2. The molecule has 0 amide bonds. The fourth-order valence-corrected chi connectivity index (χ4v) is 1.87. The summed E-state index contributed by atoms with van der Waals surface area (Å²) in [6, 6.07) is 5.03. The number of rotatable bonds is 6. The predicted octanol–water partition coefficient (Wildman–Crippen LogP) is 3.29. The quantitative estimate of drug-likeness (QED) is 0.594. The molecule has 0 spiro atoms. The van der Waals surface area contributed by atoms with Gasteiger partial charge in [-0.1, -0.05) is 22.0 Å². The van der Waals surface area contributed by atoms with Gasteiger partial charge in [-0.05, 0) is 38.5 Å². The topological polar surface area (TPSA) is 52.6 Å². The molecule has 0 aromatic heterocycles. The second-order valence-electron chi connectivity index (χ2n) is 3.88. The minimum Gasteiger partial charge on any atom is -0.493 e. The molecule has 0 aliphatic heterocycles. The van der Waals surface area contributed by atoms with Crippen LogP contribution in [0.5, 0.6) is 5.75 Å². The van der Waals surface area contributed by atoms with E-state index in [0.29, 0.717) is 24.5 Å². The molecule has 1 unspecified atom stereocenters. The van der Waals surface area contributed by atoms with E-state index >= 15 is 0 Å². The number of alkyl halides is 1.